The van der Waals surface area contributed by atoms with E-state index in [0.717, 1.165) is 11.1 Å². The number of nitrogens with zero attached hydrogens (tertiary/aromatic N) is 2. The number of hydrogen-bond acceptors (Lipinski definition) is 3. The Kier molecular flexibility index (Phi) is 8.10. The molecule has 2 heterocycles. The van der Waals surface area contributed by atoms with E-state index < -0.39 is 17.4 Å². The largest absolute Gasteiger partial charge is 0.481 e. The first-order valence-corrected chi connectivity index (χ1v) is 13.1. The molecule has 0 unspecified atom stereocenters. The van der Waals surface area contributed by atoms with Gasteiger partial charge in [-0.25, -0.2) is 0 Å². The van der Waals surface area contributed by atoms with Crippen LogP contribution >= 0.6 is 23.2 Å². The Morgan fingerprint density at radius 3 is 2.38 bits per heavy atom. The number of likely N-dealkylation sites (tertiary alicyclic amines) is 1. The lowest BCUT2D eigenvalue weighted by Crippen LogP contribution is -2.57. The average molecular weight is 541 g/mol. The number of aliphatic carboxylic acids is 1. The smallest absolute Gasteiger partial charge is 0.304 e. The number of carboxylic acids is 1. The maximum Gasteiger partial charge on any atom is 0.304 e. The van der Waals surface area contributed by atoms with Gasteiger partial charge >= 0.3 is 5.97 Å². The summed E-state index contributed by atoms with van der Waals surface area (Å²) in [6.45, 7) is 3.99. The molecule has 1 saturated heterocycles. The molecule has 6 nitrogen and oxygen atoms in total. The summed E-state index contributed by atoms with van der Waals surface area (Å²) in [7, 11) is 0. The van der Waals surface area contributed by atoms with Gasteiger partial charge < -0.3 is 14.6 Å². The van der Waals surface area contributed by atoms with Crippen LogP contribution in [0.5, 0.6) is 0 Å². The molecule has 1 aromatic heterocycles. The molecular weight excluding hydrogens is 511 g/mol. The summed E-state index contributed by atoms with van der Waals surface area (Å²) in [5, 5.41) is 10.9. The van der Waals surface area contributed by atoms with Crippen molar-refractivity contribution in [2.45, 2.75) is 57.7 Å². The SMILES string of the molecule is CC[C@@H](Cn1ccccc1=O)N1C(=O)[C@@](C)(CC(=O)O)C[C@H](c2cccc(Cl)c2)[C@H]1c1ccc(Cl)cc1. The Morgan fingerprint density at radius 2 is 1.76 bits per heavy atom. The van der Waals surface area contributed by atoms with E-state index in [1.807, 2.05) is 42.2 Å². The van der Waals surface area contributed by atoms with Crippen LogP contribution in [0.1, 0.15) is 56.2 Å². The van der Waals surface area contributed by atoms with E-state index in [4.69, 9.17) is 23.2 Å². The number of pyridine rings is 1. The predicted octanol–water partition coefficient (Wildman–Crippen LogP) is 6.17. The Hall–Kier alpha value is -3.09. The van der Waals surface area contributed by atoms with Crippen LogP contribution in [-0.4, -0.2) is 32.5 Å². The molecule has 0 spiro atoms. The topological polar surface area (TPSA) is 79.6 Å². The van der Waals surface area contributed by atoms with Crippen molar-refractivity contribution in [2.24, 2.45) is 5.41 Å². The van der Waals surface area contributed by atoms with Crippen LogP contribution in [-0.2, 0) is 16.1 Å². The van der Waals surface area contributed by atoms with Gasteiger partial charge in [0.15, 0.2) is 0 Å². The zero-order valence-corrected chi connectivity index (χ0v) is 22.3. The molecule has 0 saturated carbocycles. The van der Waals surface area contributed by atoms with Crippen molar-refractivity contribution in [3.8, 4) is 0 Å². The van der Waals surface area contributed by atoms with Crippen molar-refractivity contribution in [2.75, 3.05) is 0 Å². The molecule has 2 aromatic carbocycles. The lowest BCUT2D eigenvalue weighted by Gasteiger charge is -2.52. The van der Waals surface area contributed by atoms with E-state index in [0.29, 0.717) is 22.9 Å². The molecule has 0 bridgehead atoms. The highest BCUT2D eigenvalue weighted by atomic mass is 35.5. The summed E-state index contributed by atoms with van der Waals surface area (Å²) in [6.07, 6.45) is 2.32. The van der Waals surface area contributed by atoms with E-state index in [2.05, 4.69) is 0 Å². The van der Waals surface area contributed by atoms with Gasteiger partial charge in [-0.3, -0.25) is 14.4 Å². The van der Waals surface area contributed by atoms with Crippen LogP contribution in [0.15, 0.2) is 77.7 Å². The maximum atomic E-state index is 14.3. The van der Waals surface area contributed by atoms with Gasteiger partial charge in [0.05, 0.1) is 23.9 Å². The normalized spacial score (nSPS) is 22.6. The number of amides is 1. The summed E-state index contributed by atoms with van der Waals surface area (Å²) in [5.41, 5.74) is 0.511. The summed E-state index contributed by atoms with van der Waals surface area (Å²) in [4.78, 5) is 40.6. The van der Waals surface area contributed by atoms with E-state index >= 15 is 0 Å². The van der Waals surface area contributed by atoms with Crippen molar-refractivity contribution in [3.05, 3.63) is 104 Å². The quantitative estimate of drug-likeness (QED) is 0.370. The Morgan fingerprint density at radius 1 is 1.03 bits per heavy atom. The second-order valence-electron chi connectivity index (χ2n) is 9.96. The summed E-state index contributed by atoms with van der Waals surface area (Å²) in [5.74, 6) is -1.50. The van der Waals surface area contributed by atoms with Gasteiger partial charge in [0.2, 0.25) is 5.91 Å². The molecule has 8 heteroatoms. The van der Waals surface area contributed by atoms with E-state index in [-0.39, 0.29) is 36.4 Å². The number of carbonyl (C=O) groups excluding carboxylic acids is 1. The fourth-order valence-corrected chi connectivity index (χ4v) is 5.86. The molecule has 1 aliphatic heterocycles. The molecule has 194 valence electrons. The van der Waals surface area contributed by atoms with Gasteiger partial charge in [0, 0.05) is 34.8 Å². The third-order valence-electron chi connectivity index (χ3n) is 7.30. The molecule has 0 radical (unpaired) electrons. The molecule has 0 aliphatic carbocycles. The minimum Gasteiger partial charge on any atom is -0.481 e. The number of benzene rings is 2. The predicted molar refractivity (Wildman–Crippen MR) is 145 cm³/mol. The molecule has 1 fully saturated rings. The van der Waals surface area contributed by atoms with Crippen molar-refractivity contribution >= 4 is 35.1 Å². The summed E-state index contributed by atoms with van der Waals surface area (Å²) in [6, 6.07) is 19.1. The molecular formula is C29H30Cl2N2O4. The third-order valence-corrected chi connectivity index (χ3v) is 7.79. The highest BCUT2D eigenvalue weighted by molar-refractivity contribution is 6.30. The Balaban J connectivity index is 1.91. The number of aromatic nitrogens is 1. The summed E-state index contributed by atoms with van der Waals surface area (Å²) >= 11 is 12.6. The van der Waals surface area contributed by atoms with Gasteiger partial charge in [-0.2, -0.15) is 0 Å². The van der Waals surface area contributed by atoms with Crippen molar-refractivity contribution in [3.63, 3.8) is 0 Å². The molecule has 1 amide bonds. The number of carbonyl (C=O) groups is 2. The van der Waals surface area contributed by atoms with Crippen LogP contribution in [0.3, 0.4) is 0 Å². The van der Waals surface area contributed by atoms with E-state index in [1.54, 1.807) is 48.0 Å². The van der Waals surface area contributed by atoms with Crippen molar-refractivity contribution in [1.82, 2.24) is 9.47 Å². The monoisotopic (exact) mass is 540 g/mol. The molecule has 4 atom stereocenters. The molecule has 1 N–H and O–H groups in total. The van der Waals surface area contributed by atoms with Crippen LogP contribution in [0.2, 0.25) is 10.0 Å². The van der Waals surface area contributed by atoms with Crippen LogP contribution in [0.25, 0.3) is 0 Å². The minimum atomic E-state index is -1.14. The van der Waals surface area contributed by atoms with Gasteiger partial charge in [0.25, 0.3) is 5.56 Å². The van der Waals surface area contributed by atoms with Crippen LogP contribution < -0.4 is 5.56 Å². The van der Waals surface area contributed by atoms with Gasteiger partial charge in [0.1, 0.15) is 0 Å². The zero-order chi connectivity index (χ0) is 26.7. The van der Waals surface area contributed by atoms with Gasteiger partial charge in [-0.1, -0.05) is 67.4 Å². The number of piperidine rings is 1. The average Bonchev–Trinajstić information content (AvgIpc) is 2.85. The van der Waals surface area contributed by atoms with E-state index in [1.165, 1.54) is 6.07 Å². The Bertz CT molecular complexity index is 1340. The van der Waals surface area contributed by atoms with Gasteiger partial charge in [-0.15, -0.1) is 0 Å². The van der Waals surface area contributed by atoms with E-state index in [9.17, 15) is 19.5 Å². The lowest BCUT2D eigenvalue weighted by molar-refractivity contribution is -0.161. The molecule has 37 heavy (non-hydrogen) atoms. The van der Waals surface area contributed by atoms with Gasteiger partial charge in [-0.05, 0) is 54.3 Å². The number of rotatable bonds is 8. The second kappa shape index (κ2) is 11.1. The molecule has 3 aromatic rings. The minimum absolute atomic E-state index is 0.159. The number of hydrogen-bond donors (Lipinski definition) is 1. The standard InChI is InChI=1S/C29H30Cl2N2O4/c1-3-23(18-32-14-5-4-9-25(32)34)33-27(19-10-12-21(30)13-11-19)24(20-7-6-8-22(31)15-20)16-29(2,28(33)37)17-26(35)36/h4-15,23-24,27H,3,16-18H2,1-2H3,(H,35,36)/t23-,24+,27+,29+/m0/s1. The first-order valence-electron chi connectivity index (χ1n) is 12.3. The molecule has 4 rings (SSSR count). The summed E-state index contributed by atoms with van der Waals surface area (Å²) < 4.78 is 1.60. The first-order chi connectivity index (χ1) is 17.6. The third kappa shape index (κ3) is 5.76. The van der Waals surface area contributed by atoms with Crippen LogP contribution in [0, 0.1) is 5.41 Å². The zero-order valence-electron chi connectivity index (χ0n) is 20.8. The maximum absolute atomic E-state index is 14.3. The van der Waals surface area contributed by atoms with Crippen LogP contribution in [0.4, 0.5) is 0 Å². The highest BCUT2D eigenvalue weighted by Gasteiger charge is 2.52. The van der Waals surface area contributed by atoms with Crippen molar-refractivity contribution in [1.29, 1.82) is 0 Å². The Labute approximate surface area is 226 Å². The lowest BCUT2D eigenvalue weighted by atomic mass is 9.67. The number of halogens is 2. The second-order valence-corrected chi connectivity index (χ2v) is 10.8. The number of carboxylic acid groups (broad SMARTS) is 1. The first kappa shape index (κ1) is 27.0. The fourth-order valence-electron chi connectivity index (χ4n) is 5.53. The van der Waals surface area contributed by atoms with Crippen molar-refractivity contribution < 1.29 is 14.7 Å². The molecule has 1 aliphatic rings. The fraction of sp³-hybridized carbons (Fsp3) is 0.345. The highest BCUT2D eigenvalue weighted by Crippen LogP contribution is 2.52.